The number of morpholine rings is 1. The molecule has 2 heterocycles. The minimum Gasteiger partial charge on any atom is -0.375 e. The van der Waals surface area contributed by atoms with Gasteiger partial charge in [-0.1, -0.05) is 0 Å². The van der Waals surface area contributed by atoms with Crippen LogP contribution in [0.15, 0.2) is 0 Å². The van der Waals surface area contributed by atoms with E-state index in [0.717, 1.165) is 0 Å². The number of nitrogens with zero attached hydrogens (tertiary/aromatic N) is 2. The molecule has 0 aromatic carbocycles. The van der Waals surface area contributed by atoms with Crippen molar-refractivity contribution in [2.45, 2.75) is 32.4 Å². The van der Waals surface area contributed by atoms with E-state index in [1.54, 1.807) is 18.7 Å². The van der Waals surface area contributed by atoms with Crippen molar-refractivity contribution in [1.29, 1.82) is 0 Å². The second kappa shape index (κ2) is 6.87. The molecule has 4 amide bonds. The third kappa shape index (κ3) is 3.92. The molecule has 0 bridgehead atoms. The molecule has 124 valence electrons. The number of imide groups is 1. The van der Waals surface area contributed by atoms with Crippen LogP contribution in [0.2, 0.25) is 0 Å². The zero-order valence-electron chi connectivity index (χ0n) is 13.3. The Balaban J connectivity index is 1.70. The van der Waals surface area contributed by atoms with Gasteiger partial charge in [0.05, 0.1) is 18.5 Å². The highest BCUT2D eigenvalue weighted by Gasteiger charge is 2.43. The van der Waals surface area contributed by atoms with Crippen molar-refractivity contribution in [3.8, 4) is 0 Å². The molecular formula is C14H23N3O4S. The molecule has 1 unspecified atom stereocenters. The smallest absolute Gasteiger partial charge is 0.325 e. The fourth-order valence-electron chi connectivity index (χ4n) is 2.47. The van der Waals surface area contributed by atoms with E-state index < -0.39 is 5.54 Å². The maximum absolute atomic E-state index is 12.1. The van der Waals surface area contributed by atoms with E-state index in [9.17, 15) is 14.4 Å². The fraction of sp³-hybridized carbons (Fsp3) is 0.786. The number of urea groups is 1. The summed E-state index contributed by atoms with van der Waals surface area (Å²) in [6, 6.07) is -0.357. The molecule has 0 aliphatic carbocycles. The summed E-state index contributed by atoms with van der Waals surface area (Å²) in [6.45, 7) is 7.48. The van der Waals surface area contributed by atoms with Gasteiger partial charge in [-0.25, -0.2) is 4.79 Å². The number of rotatable bonds is 5. The van der Waals surface area contributed by atoms with Crippen molar-refractivity contribution >= 4 is 29.6 Å². The van der Waals surface area contributed by atoms with Crippen LogP contribution < -0.4 is 5.32 Å². The standard InChI is InChI=1S/C14H23N3O4S/c1-10-8-16(4-6-21-10)11(18)9-22-7-5-17-12(19)14(2,3)15-13(17)20/h10H,4-9H2,1-3H3,(H,15,20). The number of nitrogens with one attached hydrogen (secondary N) is 1. The molecule has 1 atom stereocenters. The monoisotopic (exact) mass is 329 g/mol. The second-order valence-corrected chi connectivity index (χ2v) is 7.19. The SMILES string of the molecule is CC1CN(C(=O)CSCCN2C(=O)NC(C)(C)C2=O)CCO1. The molecule has 2 aliphatic heterocycles. The van der Waals surface area contributed by atoms with E-state index in [1.807, 2.05) is 6.92 Å². The second-order valence-electron chi connectivity index (χ2n) is 6.09. The molecular weight excluding hydrogens is 306 g/mol. The molecule has 2 saturated heterocycles. The zero-order valence-corrected chi connectivity index (χ0v) is 14.1. The predicted octanol–water partition coefficient (Wildman–Crippen LogP) is 0.297. The molecule has 0 saturated carbocycles. The number of thioether (sulfide) groups is 1. The molecule has 1 N–H and O–H groups in total. The first-order chi connectivity index (χ1) is 10.3. The van der Waals surface area contributed by atoms with E-state index in [-0.39, 0.29) is 23.9 Å². The first-order valence-corrected chi connectivity index (χ1v) is 8.58. The number of amides is 4. The van der Waals surface area contributed by atoms with Gasteiger partial charge in [0, 0.05) is 25.4 Å². The van der Waals surface area contributed by atoms with Crippen LogP contribution in [0.1, 0.15) is 20.8 Å². The minimum absolute atomic E-state index is 0.0795. The largest absolute Gasteiger partial charge is 0.375 e. The van der Waals surface area contributed by atoms with Crippen LogP contribution in [0.4, 0.5) is 4.79 Å². The van der Waals surface area contributed by atoms with Gasteiger partial charge in [-0.2, -0.15) is 11.8 Å². The van der Waals surface area contributed by atoms with Crippen molar-refractivity contribution < 1.29 is 19.1 Å². The summed E-state index contributed by atoms with van der Waals surface area (Å²) in [6.07, 6.45) is 0.0795. The van der Waals surface area contributed by atoms with Gasteiger partial charge in [0.15, 0.2) is 0 Å². The summed E-state index contributed by atoms with van der Waals surface area (Å²) in [5.41, 5.74) is -0.832. The third-order valence-electron chi connectivity index (χ3n) is 3.72. The van der Waals surface area contributed by atoms with Gasteiger partial charge in [-0.05, 0) is 20.8 Å². The van der Waals surface area contributed by atoms with E-state index in [4.69, 9.17) is 4.74 Å². The lowest BCUT2D eigenvalue weighted by Crippen LogP contribution is -2.45. The van der Waals surface area contributed by atoms with E-state index in [1.165, 1.54) is 16.7 Å². The number of carbonyl (C=O) groups is 3. The van der Waals surface area contributed by atoms with Gasteiger partial charge in [0.2, 0.25) is 5.91 Å². The van der Waals surface area contributed by atoms with Crippen molar-refractivity contribution in [3.05, 3.63) is 0 Å². The molecule has 7 nitrogen and oxygen atoms in total. The number of carbonyl (C=O) groups excluding carboxylic acids is 3. The third-order valence-corrected chi connectivity index (χ3v) is 4.65. The number of hydrogen-bond donors (Lipinski definition) is 1. The van der Waals surface area contributed by atoms with Gasteiger partial charge in [0.25, 0.3) is 5.91 Å². The summed E-state index contributed by atoms with van der Waals surface area (Å²) >= 11 is 1.44. The topological polar surface area (TPSA) is 79.0 Å². The van der Waals surface area contributed by atoms with Crippen LogP contribution in [0.3, 0.4) is 0 Å². The quantitative estimate of drug-likeness (QED) is 0.580. The first kappa shape index (κ1) is 17.1. The Hall–Kier alpha value is -1.28. The lowest BCUT2D eigenvalue weighted by Gasteiger charge is -2.31. The molecule has 0 radical (unpaired) electrons. The summed E-state index contributed by atoms with van der Waals surface area (Å²) < 4.78 is 5.41. The van der Waals surface area contributed by atoms with Crippen LogP contribution in [0.25, 0.3) is 0 Å². The predicted molar refractivity (Wildman–Crippen MR) is 83.6 cm³/mol. The van der Waals surface area contributed by atoms with Crippen molar-refractivity contribution in [1.82, 2.24) is 15.1 Å². The molecule has 8 heteroatoms. The zero-order chi connectivity index (χ0) is 16.3. The van der Waals surface area contributed by atoms with Gasteiger partial charge < -0.3 is 15.0 Å². The summed E-state index contributed by atoms with van der Waals surface area (Å²) in [5, 5.41) is 2.64. The van der Waals surface area contributed by atoms with E-state index in [2.05, 4.69) is 5.32 Å². The van der Waals surface area contributed by atoms with Crippen LogP contribution >= 0.6 is 11.8 Å². The van der Waals surface area contributed by atoms with Crippen molar-refractivity contribution in [3.63, 3.8) is 0 Å². The van der Waals surface area contributed by atoms with Crippen LogP contribution in [0.5, 0.6) is 0 Å². The molecule has 2 fully saturated rings. The molecule has 0 aromatic rings. The van der Waals surface area contributed by atoms with Crippen LogP contribution in [-0.4, -0.2) is 77.0 Å². The van der Waals surface area contributed by atoms with Crippen molar-refractivity contribution in [2.75, 3.05) is 37.7 Å². The van der Waals surface area contributed by atoms with E-state index in [0.29, 0.717) is 37.7 Å². The minimum atomic E-state index is -0.832. The van der Waals surface area contributed by atoms with Gasteiger partial charge in [-0.3, -0.25) is 14.5 Å². The van der Waals surface area contributed by atoms with Crippen molar-refractivity contribution in [2.24, 2.45) is 0 Å². The highest BCUT2D eigenvalue weighted by Crippen LogP contribution is 2.17. The van der Waals surface area contributed by atoms with Crippen LogP contribution in [-0.2, 0) is 14.3 Å². The van der Waals surface area contributed by atoms with Crippen LogP contribution in [0, 0.1) is 0 Å². The highest BCUT2D eigenvalue weighted by molar-refractivity contribution is 7.99. The molecule has 0 aromatic heterocycles. The Kier molecular flexibility index (Phi) is 5.33. The molecule has 2 aliphatic rings. The average molecular weight is 329 g/mol. The normalized spacial score (nSPS) is 24.6. The Morgan fingerprint density at radius 2 is 2.18 bits per heavy atom. The summed E-state index contributed by atoms with van der Waals surface area (Å²) in [7, 11) is 0. The highest BCUT2D eigenvalue weighted by atomic mass is 32.2. The molecule has 2 rings (SSSR count). The summed E-state index contributed by atoms with van der Waals surface area (Å²) in [5.74, 6) is 0.782. The first-order valence-electron chi connectivity index (χ1n) is 7.42. The lowest BCUT2D eigenvalue weighted by molar-refractivity contribution is -0.135. The maximum atomic E-state index is 12.1. The van der Waals surface area contributed by atoms with Gasteiger partial charge in [-0.15, -0.1) is 0 Å². The van der Waals surface area contributed by atoms with E-state index >= 15 is 0 Å². The Morgan fingerprint density at radius 1 is 1.45 bits per heavy atom. The van der Waals surface area contributed by atoms with Gasteiger partial charge >= 0.3 is 6.03 Å². The molecule has 22 heavy (non-hydrogen) atoms. The Morgan fingerprint density at radius 3 is 2.77 bits per heavy atom. The number of ether oxygens (including phenoxy) is 1. The maximum Gasteiger partial charge on any atom is 0.325 e. The lowest BCUT2D eigenvalue weighted by atomic mass is 10.1. The average Bonchev–Trinajstić information content (AvgIpc) is 2.64. The summed E-state index contributed by atoms with van der Waals surface area (Å²) in [4.78, 5) is 38.8. The fourth-order valence-corrected chi connectivity index (χ4v) is 3.29. The van der Waals surface area contributed by atoms with Gasteiger partial charge in [0.1, 0.15) is 5.54 Å². The molecule has 0 spiro atoms. The number of hydrogen-bond acceptors (Lipinski definition) is 5. The Bertz CT molecular complexity index is 469. The Labute approximate surface area is 134 Å².